The normalized spacial score (nSPS) is 16.4. The first-order valence-corrected chi connectivity index (χ1v) is 10.0. The third-order valence-electron chi connectivity index (χ3n) is 5.25. The molecule has 0 aliphatic heterocycles. The van der Waals surface area contributed by atoms with E-state index in [1.165, 1.54) is 19.3 Å². The van der Waals surface area contributed by atoms with Crippen LogP contribution in [-0.4, -0.2) is 33.5 Å². The van der Waals surface area contributed by atoms with Gasteiger partial charge in [-0.2, -0.15) is 0 Å². The summed E-state index contributed by atoms with van der Waals surface area (Å²) in [5, 5.41) is 3.76. The molecular weight excluding hydrogens is 340 g/mol. The minimum atomic E-state index is -0.312. The minimum absolute atomic E-state index is 0.0705. The monoisotopic (exact) mass is 370 g/mol. The van der Waals surface area contributed by atoms with E-state index in [2.05, 4.69) is 29.1 Å². The summed E-state index contributed by atoms with van der Waals surface area (Å²) >= 11 is 0. The van der Waals surface area contributed by atoms with Gasteiger partial charge < -0.3 is 15.2 Å². The SMILES string of the molecule is CC(C)CN(C(=O)NC1CCCCC1)C(C)c1nc2ccccc2c(=O)[nH]1. The average molecular weight is 370 g/mol. The second-order valence-electron chi connectivity index (χ2n) is 7.97. The van der Waals surface area contributed by atoms with Crippen molar-refractivity contribution in [2.75, 3.05) is 6.54 Å². The molecule has 1 atom stereocenters. The molecule has 1 heterocycles. The van der Waals surface area contributed by atoms with Crippen molar-refractivity contribution in [2.24, 2.45) is 5.92 Å². The predicted octanol–water partition coefficient (Wildman–Crippen LogP) is 3.98. The third kappa shape index (κ3) is 4.67. The van der Waals surface area contributed by atoms with E-state index >= 15 is 0 Å². The molecule has 0 radical (unpaired) electrons. The van der Waals surface area contributed by atoms with Crippen molar-refractivity contribution in [3.8, 4) is 0 Å². The lowest BCUT2D eigenvalue weighted by Gasteiger charge is -2.33. The van der Waals surface area contributed by atoms with E-state index in [0.717, 1.165) is 12.8 Å². The highest BCUT2D eigenvalue weighted by atomic mass is 16.2. The number of para-hydroxylation sites is 1. The Labute approximate surface area is 160 Å². The molecule has 2 amide bonds. The fourth-order valence-electron chi connectivity index (χ4n) is 3.76. The van der Waals surface area contributed by atoms with Crippen LogP contribution in [0.1, 0.15) is 64.7 Å². The van der Waals surface area contributed by atoms with Gasteiger partial charge in [0.25, 0.3) is 5.56 Å². The number of H-pyrrole nitrogens is 1. The summed E-state index contributed by atoms with van der Waals surface area (Å²) < 4.78 is 0. The van der Waals surface area contributed by atoms with Crippen molar-refractivity contribution in [3.05, 3.63) is 40.4 Å². The maximum atomic E-state index is 13.0. The molecule has 0 bridgehead atoms. The molecule has 3 rings (SSSR count). The quantitative estimate of drug-likeness (QED) is 0.835. The van der Waals surface area contributed by atoms with Gasteiger partial charge in [-0.25, -0.2) is 9.78 Å². The largest absolute Gasteiger partial charge is 0.335 e. The van der Waals surface area contributed by atoms with Crippen molar-refractivity contribution in [2.45, 2.75) is 65.0 Å². The van der Waals surface area contributed by atoms with Gasteiger partial charge in [0.15, 0.2) is 0 Å². The highest BCUT2D eigenvalue weighted by molar-refractivity contribution is 5.77. The zero-order valence-electron chi connectivity index (χ0n) is 16.5. The van der Waals surface area contributed by atoms with Crippen LogP contribution in [0.3, 0.4) is 0 Å². The molecule has 2 N–H and O–H groups in total. The van der Waals surface area contributed by atoms with Crippen molar-refractivity contribution in [1.29, 1.82) is 0 Å². The van der Waals surface area contributed by atoms with Crippen LogP contribution in [-0.2, 0) is 0 Å². The molecule has 1 saturated carbocycles. The number of carbonyl (C=O) groups is 1. The second-order valence-corrected chi connectivity index (χ2v) is 7.97. The Hall–Kier alpha value is -2.37. The number of aromatic nitrogens is 2. The molecule has 146 valence electrons. The van der Waals surface area contributed by atoms with Gasteiger partial charge in [0.05, 0.1) is 16.9 Å². The molecule has 2 aromatic rings. The van der Waals surface area contributed by atoms with E-state index in [0.29, 0.717) is 29.2 Å². The van der Waals surface area contributed by atoms with Gasteiger partial charge >= 0.3 is 6.03 Å². The van der Waals surface area contributed by atoms with Crippen LogP contribution in [0.4, 0.5) is 4.79 Å². The molecule has 1 aromatic heterocycles. The number of amides is 2. The van der Waals surface area contributed by atoms with Crippen molar-refractivity contribution in [3.63, 3.8) is 0 Å². The minimum Gasteiger partial charge on any atom is -0.335 e. The van der Waals surface area contributed by atoms with Gasteiger partial charge in [-0.3, -0.25) is 4.79 Å². The summed E-state index contributed by atoms with van der Waals surface area (Å²) in [5.74, 6) is 0.842. The highest BCUT2D eigenvalue weighted by Crippen LogP contribution is 2.22. The Kier molecular flexibility index (Phi) is 6.14. The first-order chi connectivity index (χ1) is 13.0. The Morgan fingerprint density at radius 3 is 2.63 bits per heavy atom. The van der Waals surface area contributed by atoms with Crippen LogP contribution in [0.15, 0.2) is 29.1 Å². The molecule has 1 fully saturated rings. The number of rotatable bonds is 5. The van der Waals surface area contributed by atoms with E-state index < -0.39 is 0 Å². The summed E-state index contributed by atoms with van der Waals surface area (Å²) in [6.45, 7) is 6.71. The molecule has 1 aromatic carbocycles. The standard InChI is InChI=1S/C21H30N4O2/c1-14(2)13-25(21(27)22-16-9-5-4-6-10-16)15(3)19-23-18-12-8-7-11-17(18)20(26)24-19/h7-8,11-12,14-16H,4-6,9-10,13H2,1-3H3,(H,22,27)(H,23,24,26). The zero-order chi connectivity index (χ0) is 19.4. The number of aromatic amines is 1. The summed E-state index contributed by atoms with van der Waals surface area (Å²) in [7, 11) is 0. The molecular formula is C21H30N4O2. The van der Waals surface area contributed by atoms with Gasteiger partial charge in [0.2, 0.25) is 0 Å². The topological polar surface area (TPSA) is 78.1 Å². The lowest BCUT2D eigenvalue weighted by molar-refractivity contribution is 0.161. The van der Waals surface area contributed by atoms with E-state index in [4.69, 9.17) is 0 Å². The van der Waals surface area contributed by atoms with E-state index in [-0.39, 0.29) is 23.7 Å². The van der Waals surface area contributed by atoms with Gasteiger partial charge in [0, 0.05) is 12.6 Å². The Morgan fingerprint density at radius 1 is 1.22 bits per heavy atom. The van der Waals surface area contributed by atoms with E-state index in [9.17, 15) is 9.59 Å². The number of hydrogen-bond donors (Lipinski definition) is 2. The van der Waals surface area contributed by atoms with E-state index in [1.54, 1.807) is 11.0 Å². The van der Waals surface area contributed by atoms with Crippen molar-refractivity contribution in [1.82, 2.24) is 20.2 Å². The smallest absolute Gasteiger partial charge is 0.318 e. The van der Waals surface area contributed by atoms with Gasteiger partial charge in [-0.15, -0.1) is 0 Å². The lowest BCUT2D eigenvalue weighted by atomic mass is 9.96. The Balaban J connectivity index is 1.85. The maximum Gasteiger partial charge on any atom is 0.318 e. The average Bonchev–Trinajstić information content (AvgIpc) is 2.66. The zero-order valence-corrected chi connectivity index (χ0v) is 16.5. The number of hydrogen-bond acceptors (Lipinski definition) is 3. The number of nitrogens with one attached hydrogen (secondary N) is 2. The van der Waals surface area contributed by atoms with Gasteiger partial charge in [0.1, 0.15) is 5.82 Å². The van der Waals surface area contributed by atoms with Gasteiger partial charge in [-0.05, 0) is 37.8 Å². The first-order valence-electron chi connectivity index (χ1n) is 10.0. The van der Waals surface area contributed by atoms with Crippen LogP contribution in [0.5, 0.6) is 0 Å². The summed E-state index contributed by atoms with van der Waals surface area (Å²) in [4.78, 5) is 34.7. The number of benzene rings is 1. The number of urea groups is 1. The molecule has 27 heavy (non-hydrogen) atoms. The van der Waals surface area contributed by atoms with Crippen LogP contribution >= 0.6 is 0 Å². The molecule has 1 aliphatic carbocycles. The maximum absolute atomic E-state index is 13.0. The van der Waals surface area contributed by atoms with Crippen molar-refractivity contribution >= 4 is 16.9 Å². The third-order valence-corrected chi connectivity index (χ3v) is 5.25. The fourth-order valence-corrected chi connectivity index (χ4v) is 3.76. The van der Waals surface area contributed by atoms with E-state index in [1.807, 2.05) is 25.1 Å². The number of carbonyl (C=O) groups excluding carboxylic acids is 1. The summed E-state index contributed by atoms with van der Waals surface area (Å²) in [5.41, 5.74) is 0.486. The highest BCUT2D eigenvalue weighted by Gasteiger charge is 2.26. The van der Waals surface area contributed by atoms with Crippen LogP contribution in [0.2, 0.25) is 0 Å². The molecule has 1 unspecified atom stereocenters. The van der Waals surface area contributed by atoms with Crippen LogP contribution in [0.25, 0.3) is 10.9 Å². The fraction of sp³-hybridized carbons (Fsp3) is 0.571. The predicted molar refractivity (Wildman–Crippen MR) is 108 cm³/mol. The van der Waals surface area contributed by atoms with Gasteiger partial charge in [-0.1, -0.05) is 45.2 Å². The first kappa shape index (κ1) is 19.4. The molecule has 6 nitrogen and oxygen atoms in total. The molecule has 0 spiro atoms. The van der Waals surface area contributed by atoms with Crippen LogP contribution < -0.4 is 10.9 Å². The summed E-state index contributed by atoms with van der Waals surface area (Å²) in [6.07, 6.45) is 5.68. The van der Waals surface area contributed by atoms with Crippen LogP contribution in [0, 0.1) is 5.92 Å². The summed E-state index contributed by atoms with van der Waals surface area (Å²) in [6, 6.07) is 7.15. The Morgan fingerprint density at radius 2 is 1.93 bits per heavy atom. The molecule has 1 aliphatic rings. The number of nitrogens with zero attached hydrogens (tertiary/aromatic N) is 2. The Bertz CT molecular complexity index is 839. The second kappa shape index (κ2) is 8.55. The van der Waals surface area contributed by atoms with Crippen molar-refractivity contribution < 1.29 is 4.79 Å². The lowest BCUT2D eigenvalue weighted by Crippen LogP contribution is -2.48. The molecule has 6 heteroatoms. The number of fused-ring (bicyclic) bond motifs is 1. The molecule has 0 saturated heterocycles.